The molecular weight excluding hydrogens is 340 g/mol. The van der Waals surface area contributed by atoms with Gasteiger partial charge in [0, 0.05) is 9.35 Å². The van der Waals surface area contributed by atoms with Gasteiger partial charge in [-0.3, -0.25) is 0 Å². The number of aliphatic hydroxyl groups is 1. The van der Waals surface area contributed by atoms with E-state index in [1.165, 1.54) is 12.8 Å². The van der Waals surface area contributed by atoms with Crippen molar-refractivity contribution >= 4 is 43.2 Å². The Morgan fingerprint density at radius 3 is 2.60 bits per heavy atom. The van der Waals surface area contributed by atoms with E-state index in [9.17, 15) is 5.11 Å². The minimum Gasteiger partial charge on any atom is -0.388 e. The van der Waals surface area contributed by atoms with Crippen LogP contribution in [0, 0.1) is 5.92 Å². The van der Waals surface area contributed by atoms with Crippen molar-refractivity contribution in [3.05, 3.63) is 19.2 Å². The minimum absolute atomic E-state index is 0.320. The zero-order valence-corrected chi connectivity index (χ0v) is 13.0. The van der Waals surface area contributed by atoms with Gasteiger partial charge in [-0.25, -0.2) is 0 Å². The first-order valence-electron chi connectivity index (χ1n) is 5.17. The standard InChI is InChI=1S/C11H16Br2OS/c1-3-4-7(2)5-9(14)10-6-8(12)11(13)15-10/h6-7,9,14H,3-5H2,1-2H3. The van der Waals surface area contributed by atoms with Gasteiger partial charge in [-0.05, 0) is 50.3 Å². The van der Waals surface area contributed by atoms with E-state index >= 15 is 0 Å². The molecule has 86 valence electrons. The van der Waals surface area contributed by atoms with Crippen LogP contribution in [0.1, 0.15) is 44.1 Å². The molecule has 1 N–H and O–H groups in total. The molecule has 0 spiro atoms. The Bertz CT molecular complexity index is 292. The molecule has 0 radical (unpaired) electrons. The number of rotatable bonds is 5. The van der Waals surface area contributed by atoms with Gasteiger partial charge in [0.15, 0.2) is 0 Å². The van der Waals surface area contributed by atoms with Gasteiger partial charge in [-0.15, -0.1) is 11.3 Å². The maximum Gasteiger partial charge on any atom is 0.0885 e. The molecule has 1 heterocycles. The highest BCUT2D eigenvalue weighted by molar-refractivity contribution is 9.13. The smallest absolute Gasteiger partial charge is 0.0885 e. The average molecular weight is 356 g/mol. The summed E-state index contributed by atoms with van der Waals surface area (Å²) in [5.41, 5.74) is 0. The van der Waals surface area contributed by atoms with Crippen LogP contribution >= 0.6 is 43.2 Å². The molecule has 4 heteroatoms. The van der Waals surface area contributed by atoms with Gasteiger partial charge in [0.1, 0.15) is 0 Å². The molecule has 0 amide bonds. The summed E-state index contributed by atoms with van der Waals surface area (Å²) in [6, 6.07) is 2.00. The number of hydrogen-bond donors (Lipinski definition) is 1. The summed E-state index contributed by atoms with van der Waals surface area (Å²) in [5, 5.41) is 10.0. The summed E-state index contributed by atoms with van der Waals surface area (Å²) >= 11 is 8.48. The maximum atomic E-state index is 10.0. The predicted octanol–water partition coefficient (Wildman–Crippen LogP) is 5.13. The fraction of sp³-hybridized carbons (Fsp3) is 0.636. The van der Waals surface area contributed by atoms with E-state index in [2.05, 4.69) is 45.7 Å². The molecule has 0 aliphatic heterocycles. The molecule has 1 nitrogen and oxygen atoms in total. The Morgan fingerprint density at radius 1 is 1.47 bits per heavy atom. The van der Waals surface area contributed by atoms with Gasteiger partial charge in [0.05, 0.1) is 9.89 Å². The second kappa shape index (κ2) is 6.38. The summed E-state index contributed by atoms with van der Waals surface area (Å²) < 4.78 is 2.09. The van der Waals surface area contributed by atoms with Crippen LogP contribution in [0.15, 0.2) is 14.3 Å². The van der Waals surface area contributed by atoms with Crippen LogP contribution < -0.4 is 0 Å². The second-order valence-corrected chi connectivity index (χ2v) is 7.17. The molecule has 0 aliphatic carbocycles. The van der Waals surface area contributed by atoms with Crippen LogP contribution in [0.5, 0.6) is 0 Å². The van der Waals surface area contributed by atoms with Crippen molar-refractivity contribution in [3.63, 3.8) is 0 Å². The summed E-state index contributed by atoms with van der Waals surface area (Å²) in [7, 11) is 0. The lowest BCUT2D eigenvalue weighted by Crippen LogP contribution is -2.02. The largest absolute Gasteiger partial charge is 0.388 e. The molecule has 0 saturated carbocycles. The number of thiophene rings is 1. The van der Waals surface area contributed by atoms with Crippen molar-refractivity contribution in [1.82, 2.24) is 0 Å². The van der Waals surface area contributed by atoms with Crippen LogP contribution in [0.3, 0.4) is 0 Å². The predicted molar refractivity (Wildman–Crippen MR) is 73.4 cm³/mol. The van der Waals surface area contributed by atoms with E-state index < -0.39 is 0 Å². The highest BCUT2D eigenvalue weighted by Crippen LogP contribution is 2.37. The molecule has 1 aromatic heterocycles. The molecular formula is C11H16Br2OS. The summed E-state index contributed by atoms with van der Waals surface area (Å²) in [6.07, 6.45) is 2.91. The van der Waals surface area contributed by atoms with Crippen molar-refractivity contribution in [2.24, 2.45) is 5.92 Å². The van der Waals surface area contributed by atoms with Gasteiger partial charge in [-0.2, -0.15) is 0 Å². The minimum atomic E-state index is -0.320. The number of halogens is 2. The highest BCUT2D eigenvalue weighted by Gasteiger charge is 2.15. The van der Waals surface area contributed by atoms with Crippen LogP contribution in [0.4, 0.5) is 0 Å². The second-order valence-electron chi connectivity index (χ2n) is 3.92. The van der Waals surface area contributed by atoms with Crippen LogP contribution in [0.25, 0.3) is 0 Å². The molecule has 0 aliphatic rings. The maximum absolute atomic E-state index is 10.0. The summed E-state index contributed by atoms with van der Waals surface area (Å²) in [4.78, 5) is 1.04. The van der Waals surface area contributed by atoms with Crippen molar-refractivity contribution in [1.29, 1.82) is 0 Å². The first-order chi connectivity index (χ1) is 7.04. The summed E-state index contributed by atoms with van der Waals surface area (Å²) in [6.45, 7) is 4.38. The molecule has 0 bridgehead atoms. The number of hydrogen-bond acceptors (Lipinski definition) is 2. The van der Waals surface area contributed by atoms with E-state index in [4.69, 9.17) is 0 Å². The average Bonchev–Trinajstić information content (AvgIpc) is 2.47. The highest BCUT2D eigenvalue weighted by atomic mass is 79.9. The quantitative estimate of drug-likeness (QED) is 0.775. The molecule has 0 fully saturated rings. The van der Waals surface area contributed by atoms with Crippen molar-refractivity contribution in [3.8, 4) is 0 Å². The topological polar surface area (TPSA) is 20.2 Å². The van der Waals surface area contributed by atoms with E-state index in [-0.39, 0.29) is 6.10 Å². The lowest BCUT2D eigenvalue weighted by Gasteiger charge is -2.14. The third-order valence-electron chi connectivity index (χ3n) is 2.40. The Balaban J connectivity index is 2.56. The number of aliphatic hydroxyl groups excluding tert-OH is 1. The Kier molecular flexibility index (Phi) is 5.82. The summed E-state index contributed by atoms with van der Waals surface area (Å²) in [5.74, 6) is 0.588. The van der Waals surface area contributed by atoms with E-state index in [0.29, 0.717) is 5.92 Å². The fourth-order valence-electron chi connectivity index (χ4n) is 1.64. The molecule has 2 atom stereocenters. The van der Waals surface area contributed by atoms with Gasteiger partial charge >= 0.3 is 0 Å². The van der Waals surface area contributed by atoms with E-state index in [0.717, 1.165) is 19.6 Å². The lowest BCUT2D eigenvalue weighted by molar-refractivity contribution is 0.148. The van der Waals surface area contributed by atoms with Crippen LogP contribution in [-0.2, 0) is 0 Å². The monoisotopic (exact) mass is 354 g/mol. The molecule has 0 aromatic carbocycles. The van der Waals surface area contributed by atoms with E-state index in [1.54, 1.807) is 11.3 Å². The first-order valence-corrected chi connectivity index (χ1v) is 7.57. The van der Waals surface area contributed by atoms with Gasteiger partial charge in [0.2, 0.25) is 0 Å². The van der Waals surface area contributed by atoms with Crippen molar-refractivity contribution in [2.75, 3.05) is 0 Å². The van der Waals surface area contributed by atoms with Crippen LogP contribution in [-0.4, -0.2) is 5.11 Å². The SMILES string of the molecule is CCCC(C)CC(O)c1cc(Br)c(Br)s1. The van der Waals surface area contributed by atoms with E-state index in [1.807, 2.05) is 6.07 Å². The normalized spacial score (nSPS) is 15.3. The first kappa shape index (κ1) is 13.7. The van der Waals surface area contributed by atoms with Crippen molar-refractivity contribution in [2.45, 2.75) is 39.2 Å². The van der Waals surface area contributed by atoms with Gasteiger partial charge < -0.3 is 5.11 Å². The zero-order valence-electron chi connectivity index (χ0n) is 8.96. The third-order valence-corrected chi connectivity index (χ3v) is 5.76. The Hall–Kier alpha value is 0.620. The molecule has 1 rings (SSSR count). The van der Waals surface area contributed by atoms with Crippen molar-refractivity contribution < 1.29 is 5.11 Å². The lowest BCUT2D eigenvalue weighted by atomic mass is 9.98. The Labute approximate surface area is 112 Å². The molecule has 1 aromatic rings. The fourth-order valence-corrected chi connectivity index (χ4v) is 3.72. The Morgan fingerprint density at radius 2 is 2.13 bits per heavy atom. The third kappa shape index (κ3) is 4.17. The molecule has 2 unspecified atom stereocenters. The zero-order chi connectivity index (χ0) is 11.4. The van der Waals surface area contributed by atoms with Gasteiger partial charge in [0.25, 0.3) is 0 Å². The molecule has 15 heavy (non-hydrogen) atoms. The van der Waals surface area contributed by atoms with Gasteiger partial charge in [-0.1, -0.05) is 26.7 Å². The molecule has 0 saturated heterocycles. The van der Waals surface area contributed by atoms with Crippen LogP contribution in [0.2, 0.25) is 0 Å².